The Kier molecular flexibility index (Phi) is 5.59. The summed E-state index contributed by atoms with van der Waals surface area (Å²) in [7, 11) is 2.83. The molecule has 1 aliphatic carbocycles. The first-order valence-electron chi connectivity index (χ1n) is 9.76. The molecule has 9 nitrogen and oxygen atoms in total. The summed E-state index contributed by atoms with van der Waals surface area (Å²) in [5.41, 5.74) is -0.484. The third-order valence-corrected chi connectivity index (χ3v) is 6.08. The molecule has 2 aromatic carbocycles. The van der Waals surface area contributed by atoms with Crippen molar-refractivity contribution in [2.24, 2.45) is 5.92 Å². The molecule has 2 aliphatic rings. The van der Waals surface area contributed by atoms with Gasteiger partial charge in [0.2, 0.25) is 17.2 Å². The molecule has 1 spiro atoms. The number of fused-ring (bicyclic) bond motifs is 1. The number of nitrogens with one attached hydrogen (secondary N) is 2. The lowest BCUT2D eigenvalue weighted by Gasteiger charge is -2.35. The van der Waals surface area contributed by atoms with Crippen molar-refractivity contribution >= 4 is 34.5 Å². The minimum Gasteiger partial charge on any atom is -0.595 e. The quantitative estimate of drug-likeness (QED) is 0.460. The number of hydrogen-bond acceptors (Lipinski definition) is 8. The van der Waals surface area contributed by atoms with Gasteiger partial charge in [0.25, 0.3) is 0 Å². The first-order chi connectivity index (χ1) is 15.2. The number of allylic oxidation sites excluding steroid dienone is 1. The van der Waals surface area contributed by atoms with Crippen molar-refractivity contribution in [2.75, 3.05) is 19.5 Å². The van der Waals surface area contributed by atoms with Crippen molar-refractivity contribution in [3.8, 4) is 17.2 Å². The third-order valence-electron chi connectivity index (χ3n) is 5.72. The molecule has 0 radical (unpaired) electrons. The second-order valence-corrected chi connectivity index (χ2v) is 7.99. The number of anilines is 1. The van der Waals surface area contributed by atoms with Crippen molar-refractivity contribution in [3.63, 3.8) is 0 Å². The van der Waals surface area contributed by atoms with Gasteiger partial charge in [-0.05, 0) is 12.5 Å². The topological polar surface area (TPSA) is 122 Å². The van der Waals surface area contributed by atoms with Crippen LogP contribution in [0.2, 0.25) is 5.02 Å². The molecule has 0 amide bonds. The number of methoxy groups -OCH3 is 2. The van der Waals surface area contributed by atoms with Crippen LogP contribution in [0.1, 0.15) is 23.7 Å². The van der Waals surface area contributed by atoms with Gasteiger partial charge in [0.1, 0.15) is 22.1 Å². The predicted octanol–water partition coefficient (Wildman–Crippen LogP) is 2.68. The molecule has 3 atom stereocenters. The Morgan fingerprint density at radius 2 is 1.97 bits per heavy atom. The largest absolute Gasteiger partial charge is 0.595 e. The standard InChI is InChI=1S/C22H21ClN2O7/c1-11-7-13(24-12-5-4-6-14(8-12)25(28)29)9-17(26)22(11)21(27)18-15(30-2)10-16(31-3)19(23)20(18)32-22/h4-6,8-11,24-25,28H,7H2,1-3H3/t11-,22+/m1/s1. The Bertz CT molecular complexity index is 1150. The van der Waals surface area contributed by atoms with Crippen LogP contribution in [0.25, 0.3) is 0 Å². The van der Waals surface area contributed by atoms with E-state index in [9.17, 15) is 20.0 Å². The lowest BCUT2D eigenvalue weighted by Crippen LogP contribution is -2.99. The van der Waals surface area contributed by atoms with Gasteiger partial charge in [-0.2, -0.15) is 5.23 Å². The Morgan fingerprint density at radius 1 is 1.25 bits per heavy atom. The fourth-order valence-corrected chi connectivity index (χ4v) is 4.40. The van der Waals surface area contributed by atoms with E-state index in [1.165, 1.54) is 38.5 Å². The second-order valence-electron chi connectivity index (χ2n) is 7.62. The Balaban J connectivity index is 1.69. The van der Waals surface area contributed by atoms with Gasteiger partial charge in [0.15, 0.2) is 11.4 Å². The number of carbonyl (C=O) groups is 2. The number of Topliss-reactive ketones (excluding diaryl/α,β-unsaturated/α-hetero) is 1. The van der Waals surface area contributed by atoms with Crippen LogP contribution < -0.4 is 24.8 Å². The van der Waals surface area contributed by atoms with Crippen LogP contribution in [0.15, 0.2) is 42.1 Å². The average molecular weight is 461 g/mol. The lowest BCUT2D eigenvalue weighted by atomic mass is 9.74. The summed E-state index contributed by atoms with van der Waals surface area (Å²) >= 11 is 6.38. The minimum atomic E-state index is -1.76. The van der Waals surface area contributed by atoms with E-state index in [4.69, 9.17) is 25.8 Å². The van der Waals surface area contributed by atoms with Gasteiger partial charge in [0.05, 0.1) is 14.2 Å². The molecule has 1 unspecified atom stereocenters. The molecule has 168 valence electrons. The Hall–Kier alpha value is -3.11. The van der Waals surface area contributed by atoms with Crippen molar-refractivity contribution in [1.82, 2.24) is 0 Å². The fourth-order valence-electron chi connectivity index (χ4n) is 4.13. The van der Waals surface area contributed by atoms with Crippen molar-refractivity contribution in [2.45, 2.75) is 18.9 Å². The van der Waals surface area contributed by atoms with E-state index in [0.717, 1.165) is 0 Å². The van der Waals surface area contributed by atoms with Gasteiger partial charge in [-0.25, -0.2) is 5.21 Å². The first-order valence-corrected chi connectivity index (χ1v) is 10.1. The molecule has 3 N–H and O–H groups in total. The first kappa shape index (κ1) is 22.1. The Labute approximate surface area is 188 Å². The van der Waals surface area contributed by atoms with Crippen LogP contribution in [-0.2, 0) is 4.79 Å². The minimum absolute atomic E-state index is 0.0621. The van der Waals surface area contributed by atoms with E-state index in [0.29, 0.717) is 17.8 Å². The maximum atomic E-state index is 13.5. The number of hydrogen-bond donors (Lipinski definition) is 3. The van der Waals surface area contributed by atoms with E-state index in [1.807, 2.05) is 0 Å². The summed E-state index contributed by atoms with van der Waals surface area (Å²) in [6.07, 6.45) is 1.62. The zero-order valence-electron chi connectivity index (χ0n) is 17.5. The van der Waals surface area contributed by atoms with Crippen LogP contribution in [0.5, 0.6) is 17.2 Å². The van der Waals surface area contributed by atoms with Gasteiger partial charge in [-0.1, -0.05) is 24.6 Å². The van der Waals surface area contributed by atoms with E-state index >= 15 is 0 Å². The van der Waals surface area contributed by atoms with Crippen molar-refractivity contribution in [1.29, 1.82) is 0 Å². The highest BCUT2D eigenvalue weighted by molar-refractivity contribution is 6.36. The van der Waals surface area contributed by atoms with E-state index in [1.54, 1.807) is 19.1 Å². The van der Waals surface area contributed by atoms with Crippen LogP contribution in [0.4, 0.5) is 11.4 Å². The van der Waals surface area contributed by atoms with Gasteiger partial charge in [0, 0.05) is 41.6 Å². The molecular weight excluding hydrogens is 440 g/mol. The highest BCUT2D eigenvalue weighted by Crippen LogP contribution is 2.53. The molecule has 1 heterocycles. The number of benzene rings is 2. The summed E-state index contributed by atoms with van der Waals surface area (Å²) in [6, 6.07) is 7.71. The maximum absolute atomic E-state index is 13.5. The molecule has 0 saturated heterocycles. The molecule has 4 rings (SSSR count). The molecule has 0 saturated carbocycles. The van der Waals surface area contributed by atoms with Crippen molar-refractivity contribution in [3.05, 3.63) is 57.9 Å². The molecule has 2 aromatic rings. The zero-order valence-corrected chi connectivity index (χ0v) is 18.3. The number of quaternary nitrogens is 1. The number of rotatable bonds is 5. The maximum Gasteiger partial charge on any atom is 0.236 e. The predicted molar refractivity (Wildman–Crippen MR) is 115 cm³/mol. The summed E-state index contributed by atoms with van der Waals surface area (Å²) < 4.78 is 16.6. The fraction of sp³-hybridized carbons (Fsp3) is 0.273. The van der Waals surface area contributed by atoms with Crippen molar-refractivity contribution < 1.29 is 34.2 Å². The number of ether oxygens (including phenoxy) is 3. The highest BCUT2D eigenvalue weighted by Gasteiger charge is 2.60. The normalized spacial score (nSPS) is 22.8. The molecule has 32 heavy (non-hydrogen) atoms. The van der Waals surface area contributed by atoms with Crippen LogP contribution in [0, 0.1) is 11.1 Å². The van der Waals surface area contributed by atoms with Gasteiger partial charge >= 0.3 is 0 Å². The monoisotopic (exact) mass is 460 g/mol. The summed E-state index contributed by atoms with van der Waals surface area (Å²) in [5.74, 6) is -1.06. The smallest absolute Gasteiger partial charge is 0.236 e. The molecule has 10 heteroatoms. The van der Waals surface area contributed by atoms with Gasteiger partial charge in [-0.3, -0.25) is 9.59 Å². The SMILES string of the molecule is COc1cc(OC)c2c(c1Cl)O[C@@]1(C(=O)C=C(Nc3cccc([NH+]([O-])O)c3)C[C@H]1C)C2=O. The highest BCUT2D eigenvalue weighted by atomic mass is 35.5. The summed E-state index contributed by atoms with van der Waals surface area (Å²) in [6.45, 7) is 1.74. The zero-order chi connectivity index (χ0) is 23.2. The number of carbonyl (C=O) groups excluding carboxylic acids is 2. The second kappa shape index (κ2) is 8.10. The van der Waals surface area contributed by atoms with Gasteiger partial charge < -0.3 is 24.7 Å². The van der Waals surface area contributed by atoms with Gasteiger partial charge in [-0.15, -0.1) is 0 Å². The molecule has 0 bridgehead atoms. The molecular formula is C22H21ClN2O7. The van der Waals surface area contributed by atoms with Crippen LogP contribution >= 0.6 is 11.6 Å². The summed E-state index contributed by atoms with van der Waals surface area (Å²) in [5, 5.41) is 22.5. The summed E-state index contributed by atoms with van der Waals surface area (Å²) in [4.78, 5) is 26.7. The molecule has 0 fully saturated rings. The van der Waals surface area contributed by atoms with E-state index in [-0.39, 0.29) is 33.5 Å². The van der Waals surface area contributed by atoms with Crippen LogP contribution in [0.3, 0.4) is 0 Å². The number of ketones is 2. The van der Waals surface area contributed by atoms with E-state index < -0.39 is 28.3 Å². The van der Waals surface area contributed by atoms with Crippen LogP contribution in [-0.4, -0.2) is 36.6 Å². The Morgan fingerprint density at radius 3 is 2.59 bits per heavy atom. The average Bonchev–Trinajstić information content (AvgIpc) is 3.08. The third kappa shape index (κ3) is 3.30. The molecule has 0 aromatic heterocycles. The molecule has 1 aliphatic heterocycles. The number of halogens is 1. The van der Waals surface area contributed by atoms with E-state index in [2.05, 4.69) is 5.32 Å². The lowest BCUT2D eigenvalue weighted by molar-refractivity contribution is -0.991.